The van der Waals surface area contributed by atoms with Crippen molar-refractivity contribution >= 4 is 31.3 Å². The van der Waals surface area contributed by atoms with Crippen LogP contribution in [0.2, 0.25) is 0 Å². The van der Waals surface area contributed by atoms with Crippen LogP contribution in [0.3, 0.4) is 0 Å². The second kappa shape index (κ2) is 23.1. The summed E-state index contributed by atoms with van der Waals surface area (Å²) in [6.07, 6.45) is 0. The first-order chi connectivity index (χ1) is 8.00. The average molecular weight is 849 g/mol. The van der Waals surface area contributed by atoms with Crippen molar-refractivity contribution in [2.45, 2.75) is 0 Å². The van der Waals surface area contributed by atoms with Gasteiger partial charge in [-0.15, -0.1) is 0 Å². The third-order valence-corrected chi connectivity index (χ3v) is 0. The van der Waals surface area contributed by atoms with Crippen LogP contribution in [-0.2, 0) is 118 Å². The molecule has 24 heavy (non-hydrogen) atoms. The minimum Gasteiger partial charge on any atom is -0.303 e. The molecule has 12 N–H and O–H groups in total. The molecule has 0 aromatic carbocycles. The molecule has 0 aromatic rings. The van der Waals surface area contributed by atoms with Crippen LogP contribution >= 0.6 is 31.3 Å². The molecule has 0 fully saturated rings. The Morgan fingerprint density at radius 3 is 0.333 bits per heavy atom. The van der Waals surface area contributed by atoms with Crippen LogP contribution in [0.4, 0.5) is 0 Å². The molecule has 0 saturated heterocycles. The van der Waals surface area contributed by atoms with Crippen molar-refractivity contribution < 1.29 is 177 Å². The fourth-order valence-corrected chi connectivity index (χ4v) is 0. The van der Waals surface area contributed by atoms with Gasteiger partial charge in [-0.05, 0) is 0 Å². The van der Waals surface area contributed by atoms with Crippen LogP contribution in [0, 0.1) is 0 Å². The average Bonchev–Trinajstić information content (AvgIpc) is 1.62. The first-order valence-corrected chi connectivity index (χ1v) is 9.39. The van der Waals surface area contributed by atoms with Gasteiger partial charge in [-0.2, -0.15) is 0 Å². The Labute approximate surface area is 205 Å². The summed E-state index contributed by atoms with van der Waals surface area (Å²) in [5.41, 5.74) is 0. The zero-order valence-corrected chi connectivity index (χ0v) is 24.6. The standard InChI is InChI=1S/4H3O4P.W.3Zr/c4*1-5(2,3)4;;;;/h4*(H3,1,2,3,4);;;;. The van der Waals surface area contributed by atoms with Gasteiger partial charge in [0.1, 0.15) is 0 Å². The first kappa shape index (κ1) is 50.9. The predicted molar refractivity (Wildman–Crippen MR) is 57.1 cm³/mol. The van der Waals surface area contributed by atoms with E-state index in [4.69, 9.17) is 77.0 Å². The summed E-state index contributed by atoms with van der Waals surface area (Å²) in [7, 11) is -18.6. The maximum Gasteiger partial charge on any atom is 0.466 e. The molecule has 0 aliphatic rings. The zero-order chi connectivity index (χ0) is 18.0. The van der Waals surface area contributed by atoms with E-state index in [1.807, 2.05) is 0 Å². The van der Waals surface area contributed by atoms with Crippen molar-refractivity contribution in [2.24, 2.45) is 0 Å². The number of rotatable bonds is 0. The van der Waals surface area contributed by atoms with E-state index < -0.39 is 31.3 Å². The molecule has 0 saturated carbocycles. The Bertz CT molecular complexity index is 298. The van der Waals surface area contributed by atoms with E-state index in [0.717, 1.165) is 0 Å². The van der Waals surface area contributed by atoms with Crippen LogP contribution in [0.25, 0.3) is 0 Å². The van der Waals surface area contributed by atoms with Crippen molar-refractivity contribution in [2.75, 3.05) is 0 Å². The fraction of sp³-hybridized carbons (Fsp3) is 0. The van der Waals surface area contributed by atoms with Crippen LogP contribution in [0.15, 0.2) is 0 Å². The van der Waals surface area contributed by atoms with Crippen LogP contribution in [0.5, 0.6) is 0 Å². The number of hydrogen-bond donors (Lipinski definition) is 12. The van der Waals surface area contributed by atoms with E-state index in [2.05, 4.69) is 0 Å². The first-order valence-electron chi connectivity index (χ1n) is 3.13. The van der Waals surface area contributed by atoms with Crippen molar-refractivity contribution in [3.8, 4) is 0 Å². The minimum atomic E-state index is -4.64. The van der Waals surface area contributed by atoms with Gasteiger partial charge in [0.25, 0.3) is 0 Å². The smallest absolute Gasteiger partial charge is 0.303 e. The Balaban J connectivity index is -0.0000000225. The molecule has 0 aliphatic carbocycles. The summed E-state index contributed by atoms with van der Waals surface area (Å²) in [4.78, 5) is 86.2. The monoisotopic (exact) mass is 846 g/mol. The van der Waals surface area contributed by atoms with E-state index in [0.29, 0.717) is 0 Å². The van der Waals surface area contributed by atoms with E-state index in [9.17, 15) is 0 Å². The summed E-state index contributed by atoms with van der Waals surface area (Å²) in [6, 6.07) is 0. The summed E-state index contributed by atoms with van der Waals surface area (Å²) in [5, 5.41) is 0. The second-order valence-corrected chi connectivity index (χ2v) is 6.16. The van der Waals surface area contributed by atoms with Crippen molar-refractivity contribution in [3.63, 3.8) is 0 Å². The number of phosphoric acid groups is 4. The third-order valence-electron chi connectivity index (χ3n) is 0. The van der Waals surface area contributed by atoms with Gasteiger partial charge in [0.15, 0.2) is 0 Å². The Morgan fingerprint density at radius 1 is 0.333 bits per heavy atom. The fourth-order valence-electron chi connectivity index (χ4n) is 0. The normalized spacial score (nSPS) is 9.83. The molecule has 0 aliphatic heterocycles. The largest absolute Gasteiger partial charge is 0.466 e. The topological polar surface area (TPSA) is 311 Å². The van der Waals surface area contributed by atoms with Crippen LogP contribution in [-0.4, -0.2) is 58.7 Å². The van der Waals surface area contributed by atoms with Crippen LogP contribution in [0.1, 0.15) is 0 Å². The molecule has 0 spiro atoms. The molecule has 0 heterocycles. The molecule has 0 unspecified atom stereocenters. The second-order valence-electron chi connectivity index (χ2n) is 2.05. The van der Waals surface area contributed by atoms with Gasteiger partial charge in [-0.3, -0.25) is 0 Å². The summed E-state index contributed by atoms with van der Waals surface area (Å²) in [6.45, 7) is 0. The summed E-state index contributed by atoms with van der Waals surface area (Å²) in [5.74, 6) is 0. The molecule has 0 aromatic heterocycles. The molecule has 24 heteroatoms. The van der Waals surface area contributed by atoms with E-state index in [1.165, 1.54) is 0 Å². The molecule has 16 nitrogen and oxygen atoms in total. The van der Waals surface area contributed by atoms with Crippen molar-refractivity contribution in [3.05, 3.63) is 0 Å². The molecule has 0 bridgehead atoms. The zero-order valence-electron chi connectivity index (χ0n) is 10.7. The molecule has 0 amide bonds. The quantitative estimate of drug-likeness (QED) is 0.104. The van der Waals surface area contributed by atoms with E-state index >= 15 is 0 Å². The minimum absolute atomic E-state index is 0. The Kier molecular flexibility index (Phi) is 48.9. The van der Waals surface area contributed by atoms with Crippen molar-refractivity contribution in [1.29, 1.82) is 0 Å². The summed E-state index contributed by atoms with van der Waals surface area (Å²) < 4.78 is 35.5. The maximum atomic E-state index is 8.88. The van der Waals surface area contributed by atoms with Gasteiger partial charge in [-0.25, -0.2) is 18.3 Å². The van der Waals surface area contributed by atoms with Gasteiger partial charge in [0.2, 0.25) is 0 Å². The van der Waals surface area contributed by atoms with Gasteiger partial charge >= 0.3 is 31.3 Å². The van der Waals surface area contributed by atoms with Gasteiger partial charge in [-0.1, -0.05) is 0 Å². The van der Waals surface area contributed by atoms with Crippen LogP contribution < -0.4 is 0 Å². The molecule has 0 rings (SSSR count). The summed E-state index contributed by atoms with van der Waals surface area (Å²) >= 11 is 0. The third kappa shape index (κ3) is 1110. The molecular weight excluding hydrogens is 837 g/mol. The molecule has 0 atom stereocenters. The Hall–Kier alpha value is 3.78. The maximum absolute atomic E-state index is 8.88. The van der Waals surface area contributed by atoms with E-state index in [-0.39, 0.29) is 99.7 Å². The molecule has 146 valence electrons. The predicted octanol–water partition coefficient (Wildman–Crippen LogP) is -3.72. The SMILES string of the molecule is O=P(O)(O)O.O=P(O)(O)O.O=P(O)(O)O.O=P(O)(O)O.[W].[Zr].[Zr].[Zr]. The van der Waals surface area contributed by atoms with Gasteiger partial charge in [0.05, 0.1) is 0 Å². The number of hydrogen-bond acceptors (Lipinski definition) is 4. The van der Waals surface area contributed by atoms with Gasteiger partial charge in [0, 0.05) is 99.7 Å². The Morgan fingerprint density at radius 2 is 0.333 bits per heavy atom. The van der Waals surface area contributed by atoms with Gasteiger partial charge < -0.3 is 58.7 Å². The van der Waals surface area contributed by atoms with Crippen molar-refractivity contribution in [1.82, 2.24) is 0 Å². The molecular formula is H12O16P4WZr3. The molecule has 0 radical (unpaired) electrons. The van der Waals surface area contributed by atoms with E-state index in [1.54, 1.807) is 0 Å².